The number of amides is 3. The lowest BCUT2D eigenvalue weighted by atomic mass is 10.1. The lowest BCUT2D eigenvalue weighted by molar-refractivity contribution is -0.114. The Kier molecular flexibility index (Phi) is 5.11. The fourth-order valence-corrected chi connectivity index (χ4v) is 4.18. The van der Waals surface area contributed by atoms with Crippen LogP contribution in [0, 0.1) is 0 Å². The molecule has 2 aromatic carbocycles. The van der Waals surface area contributed by atoms with Crippen LogP contribution in [0.5, 0.6) is 11.5 Å². The van der Waals surface area contributed by atoms with Crippen molar-refractivity contribution >= 4 is 33.2 Å². The zero-order valence-corrected chi connectivity index (χ0v) is 18.4. The van der Waals surface area contributed by atoms with E-state index < -0.39 is 46.4 Å². The van der Waals surface area contributed by atoms with E-state index in [0.29, 0.717) is 4.90 Å². The standard InChI is InChI=1S/C22H24N2O7S/c1-5-31-19-11-14(9-10-18(19)30-3)17(12-32(4,28)29)24-21(26)15-7-6-8-16(23-13(2)25)20(15)22(24)27/h6-11,17H,5,12H2,1-4H3,(H,23,25)/t17-/m1/s1/i3D3,17D. The van der Waals surface area contributed by atoms with Gasteiger partial charge in [0.2, 0.25) is 5.91 Å². The average molecular weight is 465 g/mol. The van der Waals surface area contributed by atoms with Crippen LogP contribution in [0.4, 0.5) is 5.69 Å². The topological polar surface area (TPSA) is 119 Å². The van der Waals surface area contributed by atoms with E-state index in [9.17, 15) is 22.8 Å². The smallest absolute Gasteiger partial charge is 0.264 e. The Hall–Kier alpha value is -3.40. The summed E-state index contributed by atoms with van der Waals surface area (Å²) >= 11 is 0. The fourth-order valence-electron chi connectivity index (χ4n) is 3.39. The monoisotopic (exact) mass is 464 g/mol. The molecule has 0 aromatic heterocycles. The van der Waals surface area contributed by atoms with Crippen LogP contribution in [0.25, 0.3) is 0 Å². The third kappa shape index (κ3) is 4.59. The Balaban J connectivity index is 2.20. The summed E-state index contributed by atoms with van der Waals surface area (Å²) in [4.78, 5) is 39.0. The van der Waals surface area contributed by atoms with Crippen molar-refractivity contribution < 1.29 is 37.8 Å². The van der Waals surface area contributed by atoms with Gasteiger partial charge < -0.3 is 14.8 Å². The molecular weight excluding hydrogens is 436 g/mol. The van der Waals surface area contributed by atoms with Gasteiger partial charge in [-0.05, 0) is 36.8 Å². The van der Waals surface area contributed by atoms with Crippen LogP contribution in [0.2, 0.25) is 0 Å². The maximum atomic E-state index is 13.5. The molecule has 3 rings (SSSR count). The van der Waals surface area contributed by atoms with Crippen molar-refractivity contribution in [3.05, 3.63) is 53.1 Å². The quantitative estimate of drug-likeness (QED) is 0.596. The van der Waals surface area contributed by atoms with Gasteiger partial charge in [-0.15, -0.1) is 0 Å². The highest BCUT2D eigenvalue weighted by Crippen LogP contribution is 2.38. The molecule has 0 radical (unpaired) electrons. The molecule has 0 bridgehead atoms. The summed E-state index contributed by atoms with van der Waals surface area (Å²) in [6.07, 6.45) is 0.854. The Morgan fingerprint density at radius 1 is 1.22 bits per heavy atom. The van der Waals surface area contributed by atoms with Crippen LogP contribution >= 0.6 is 0 Å². The third-order valence-electron chi connectivity index (χ3n) is 4.58. The zero-order chi connectivity index (χ0) is 27.1. The number of hydrogen-bond donors (Lipinski definition) is 1. The van der Waals surface area contributed by atoms with Gasteiger partial charge in [-0.1, -0.05) is 12.1 Å². The van der Waals surface area contributed by atoms with Crippen LogP contribution in [-0.4, -0.2) is 56.7 Å². The van der Waals surface area contributed by atoms with Gasteiger partial charge in [0.05, 0.1) is 47.7 Å². The number of anilines is 1. The molecule has 0 fully saturated rings. The number of methoxy groups -OCH3 is 1. The summed E-state index contributed by atoms with van der Waals surface area (Å²) in [6, 6.07) is 5.24. The second-order valence-electron chi connectivity index (χ2n) is 7.07. The molecule has 2 aromatic rings. The minimum atomic E-state index is -3.96. The van der Waals surface area contributed by atoms with Crippen molar-refractivity contribution in [3.8, 4) is 11.5 Å². The molecule has 1 N–H and O–H groups in total. The van der Waals surface area contributed by atoms with Gasteiger partial charge in [0.25, 0.3) is 11.8 Å². The fraction of sp³-hybridized carbons (Fsp3) is 0.318. The lowest BCUT2D eigenvalue weighted by Crippen LogP contribution is -2.37. The molecule has 0 spiro atoms. The normalized spacial score (nSPS) is 17.4. The van der Waals surface area contributed by atoms with Crippen molar-refractivity contribution in [2.24, 2.45) is 0 Å². The van der Waals surface area contributed by atoms with Crippen LogP contribution in [-0.2, 0) is 14.6 Å². The van der Waals surface area contributed by atoms with Crippen molar-refractivity contribution in [3.63, 3.8) is 0 Å². The number of carbonyl (C=O) groups is 3. The van der Waals surface area contributed by atoms with Gasteiger partial charge in [-0.2, -0.15) is 0 Å². The first-order valence-corrected chi connectivity index (χ1v) is 11.6. The maximum Gasteiger partial charge on any atom is 0.264 e. The van der Waals surface area contributed by atoms with Gasteiger partial charge in [-0.3, -0.25) is 19.3 Å². The molecular formula is C22H24N2O7S. The summed E-state index contributed by atoms with van der Waals surface area (Å²) in [5.74, 6) is -3.68. The maximum absolute atomic E-state index is 13.5. The summed E-state index contributed by atoms with van der Waals surface area (Å²) in [7, 11) is -6.78. The number of imide groups is 1. The first-order valence-electron chi connectivity index (χ1n) is 11.5. The average Bonchev–Trinajstić information content (AvgIpc) is 2.98. The van der Waals surface area contributed by atoms with Crippen molar-refractivity contribution in [1.29, 1.82) is 0 Å². The number of sulfone groups is 1. The van der Waals surface area contributed by atoms with Crippen molar-refractivity contribution in [2.75, 3.05) is 31.0 Å². The van der Waals surface area contributed by atoms with E-state index in [1.807, 2.05) is 0 Å². The van der Waals surface area contributed by atoms with Gasteiger partial charge >= 0.3 is 0 Å². The number of nitrogens with zero attached hydrogens (tertiary/aromatic N) is 1. The second kappa shape index (κ2) is 8.99. The summed E-state index contributed by atoms with van der Waals surface area (Å²) < 4.78 is 66.3. The number of benzene rings is 2. The minimum Gasteiger partial charge on any atom is -0.493 e. The molecule has 0 unspecified atom stereocenters. The molecule has 1 atom stereocenters. The number of nitrogens with one attached hydrogen (secondary N) is 1. The molecule has 1 aliphatic rings. The van der Waals surface area contributed by atoms with E-state index in [1.165, 1.54) is 43.3 Å². The molecule has 0 saturated carbocycles. The van der Waals surface area contributed by atoms with Gasteiger partial charge in [-0.25, -0.2) is 8.42 Å². The first-order chi connectivity index (χ1) is 16.6. The highest BCUT2D eigenvalue weighted by Gasteiger charge is 2.43. The molecule has 1 aliphatic heterocycles. The molecule has 170 valence electrons. The Labute approximate surface area is 191 Å². The summed E-state index contributed by atoms with van der Waals surface area (Å²) in [5.41, 5.74) is -0.372. The number of carbonyl (C=O) groups excluding carboxylic acids is 3. The number of fused-ring (bicyclic) bond motifs is 1. The molecule has 32 heavy (non-hydrogen) atoms. The number of rotatable bonds is 8. The number of hydrogen-bond acceptors (Lipinski definition) is 7. The minimum absolute atomic E-state index is 0.0407. The summed E-state index contributed by atoms with van der Waals surface area (Å²) in [5, 5.41) is 2.46. The number of ether oxygens (including phenoxy) is 2. The Morgan fingerprint density at radius 3 is 2.59 bits per heavy atom. The molecule has 9 nitrogen and oxygen atoms in total. The van der Waals surface area contributed by atoms with E-state index in [4.69, 9.17) is 15.0 Å². The highest BCUT2D eigenvalue weighted by molar-refractivity contribution is 7.90. The van der Waals surface area contributed by atoms with Gasteiger partial charge in [0, 0.05) is 13.2 Å². The lowest BCUT2D eigenvalue weighted by Gasteiger charge is -2.27. The molecule has 1 heterocycles. The van der Waals surface area contributed by atoms with Crippen molar-refractivity contribution in [2.45, 2.75) is 19.9 Å². The molecule has 3 amide bonds. The van der Waals surface area contributed by atoms with E-state index in [2.05, 4.69) is 5.32 Å². The van der Waals surface area contributed by atoms with E-state index in [0.717, 1.165) is 6.26 Å². The Morgan fingerprint density at radius 2 is 1.97 bits per heavy atom. The van der Waals surface area contributed by atoms with Crippen LogP contribution in [0.1, 0.15) is 51.6 Å². The van der Waals surface area contributed by atoms with E-state index >= 15 is 0 Å². The van der Waals surface area contributed by atoms with Crippen LogP contribution in [0.3, 0.4) is 0 Å². The largest absolute Gasteiger partial charge is 0.493 e. The van der Waals surface area contributed by atoms with Crippen molar-refractivity contribution in [1.82, 2.24) is 4.90 Å². The van der Waals surface area contributed by atoms with E-state index in [-0.39, 0.29) is 40.5 Å². The SMILES string of the molecule is [2H]C([2H])([2H])Oc1ccc([C@@]([2H])(CS(C)(=O)=O)N2C(=O)c3cccc(NC(C)=O)c3C2=O)cc1OCC. The third-order valence-corrected chi connectivity index (χ3v) is 5.38. The second-order valence-corrected chi connectivity index (χ2v) is 9.21. The molecule has 0 saturated heterocycles. The molecule has 10 heteroatoms. The predicted molar refractivity (Wildman–Crippen MR) is 118 cm³/mol. The molecule has 0 aliphatic carbocycles. The Bertz CT molecular complexity index is 1340. The first kappa shape index (κ1) is 18.2. The zero-order valence-electron chi connectivity index (χ0n) is 21.6. The van der Waals surface area contributed by atoms with Gasteiger partial charge in [0.1, 0.15) is 9.84 Å². The van der Waals surface area contributed by atoms with E-state index in [1.54, 1.807) is 6.92 Å². The highest BCUT2D eigenvalue weighted by atomic mass is 32.2. The summed E-state index contributed by atoms with van der Waals surface area (Å²) in [6.45, 7) is 2.91. The van der Waals surface area contributed by atoms with Crippen LogP contribution < -0.4 is 14.8 Å². The predicted octanol–water partition coefficient (Wildman–Crippen LogP) is 2.43. The van der Waals surface area contributed by atoms with Gasteiger partial charge in [0.15, 0.2) is 11.5 Å². The van der Waals surface area contributed by atoms with Crippen LogP contribution in [0.15, 0.2) is 36.4 Å².